The van der Waals surface area contributed by atoms with Crippen molar-refractivity contribution >= 4 is 23.7 Å². The highest BCUT2D eigenvalue weighted by molar-refractivity contribution is 7.98. The van der Waals surface area contributed by atoms with Crippen LogP contribution in [0.5, 0.6) is 0 Å². The van der Waals surface area contributed by atoms with Crippen LogP contribution in [-0.4, -0.2) is 41.9 Å². The maximum atomic E-state index is 11.1. The highest BCUT2D eigenvalue weighted by Gasteiger charge is 2.27. The lowest BCUT2D eigenvalue weighted by Crippen LogP contribution is -2.32. The number of rotatable bonds is 4. The van der Waals surface area contributed by atoms with Gasteiger partial charge in [-0.3, -0.25) is 10.1 Å². The molecule has 1 aliphatic heterocycles. The normalized spacial score (nSPS) is 19.1. The number of amides is 3. The monoisotopic (exact) mass is 202 g/mol. The van der Waals surface area contributed by atoms with Crippen molar-refractivity contribution in [3.8, 4) is 0 Å². The molecule has 0 aliphatic carbocycles. The molecule has 5 heteroatoms. The van der Waals surface area contributed by atoms with E-state index in [1.807, 2.05) is 6.26 Å². The Kier molecular flexibility index (Phi) is 3.59. The Morgan fingerprint density at radius 3 is 2.77 bits per heavy atom. The van der Waals surface area contributed by atoms with Crippen molar-refractivity contribution in [3.05, 3.63) is 0 Å². The summed E-state index contributed by atoms with van der Waals surface area (Å²) in [6, 6.07) is -0.252. The second-order valence-corrected chi connectivity index (χ2v) is 4.21. The molecule has 3 amide bonds. The predicted molar refractivity (Wildman–Crippen MR) is 52.7 cm³/mol. The van der Waals surface area contributed by atoms with Gasteiger partial charge in [0.25, 0.3) is 0 Å². The Morgan fingerprint density at radius 1 is 1.62 bits per heavy atom. The smallest absolute Gasteiger partial charge is 0.315 e. The van der Waals surface area contributed by atoms with Crippen molar-refractivity contribution in [3.63, 3.8) is 0 Å². The molecule has 0 bridgehead atoms. The molecule has 1 aliphatic rings. The molecule has 0 radical (unpaired) electrons. The predicted octanol–water partition coefficient (Wildman–Crippen LogP) is 0.537. The second kappa shape index (κ2) is 4.50. The van der Waals surface area contributed by atoms with E-state index < -0.39 is 0 Å². The molecule has 1 N–H and O–H groups in total. The van der Waals surface area contributed by atoms with E-state index in [4.69, 9.17) is 0 Å². The first-order valence-corrected chi connectivity index (χ1v) is 5.60. The highest BCUT2D eigenvalue weighted by Crippen LogP contribution is 2.08. The summed E-state index contributed by atoms with van der Waals surface area (Å²) in [5, 5.41) is 2.26. The zero-order valence-corrected chi connectivity index (χ0v) is 8.69. The van der Waals surface area contributed by atoms with E-state index in [-0.39, 0.29) is 18.5 Å². The van der Waals surface area contributed by atoms with Gasteiger partial charge in [-0.05, 0) is 17.9 Å². The minimum Gasteiger partial charge on any atom is -0.315 e. The van der Waals surface area contributed by atoms with Crippen LogP contribution < -0.4 is 5.32 Å². The zero-order valence-electron chi connectivity index (χ0n) is 7.87. The van der Waals surface area contributed by atoms with Gasteiger partial charge >= 0.3 is 6.03 Å². The van der Waals surface area contributed by atoms with Crippen LogP contribution in [0.25, 0.3) is 0 Å². The van der Waals surface area contributed by atoms with Crippen LogP contribution >= 0.6 is 11.8 Å². The average molecular weight is 202 g/mol. The van der Waals surface area contributed by atoms with Crippen LogP contribution in [-0.2, 0) is 4.79 Å². The number of carbonyl (C=O) groups excluding carboxylic acids is 2. The number of carbonyl (C=O) groups is 2. The number of urea groups is 1. The van der Waals surface area contributed by atoms with E-state index in [0.717, 1.165) is 5.75 Å². The van der Waals surface area contributed by atoms with Gasteiger partial charge in [-0.25, -0.2) is 4.79 Å². The second-order valence-electron chi connectivity index (χ2n) is 3.29. The average Bonchev–Trinajstić information content (AvgIpc) is 2.30. The van der Waals surface area contributed by atoms with Gasteiger partial charge in [-0.1, -0.05) is 6.92 Å². The lowest BCUT2D eigenvalue weighted by Gasteiger charge is -2.17. The third kappa shape index (κ3) is 2.91. The maximum Gasteiger partial charge on any atom is 0.324 e. The van der Waals surface area contributed by atoms with Crippen molar-refractivity contribution in [1.82, 2.24) is 10.2 Å². The molecule has 1 rings (SSSR count). The molecule has 1 unspecified atom stereocenters. The summed E-state index contributed by atoms with van der Waals surface area (Å²) in [4.78, 5) is 23.5. The lowest BCUT2D eigenvalue weighted by molar-refractivity contribution is -0.118. The van der Waals surface area contributed by atoms with Gasteiger partial charge in [0.1, 0.15) is 6.54 Å². The minimum absolute atomic E-state index is 0.193. The van der Waals surface area contributed by atoms with Crippen molar-refractivity contribution in [1.29, 1.82) is 0 Å². The molecule has 1 heterocycles. The van der Waals surface area contributed by atoms with Gasteiger partial charge in [0.05, 0.1) is 0 Å². The lowest BCUT2D eigenvalue weighted by atomic mass is 10.2. The van der Waals surface area contributed by atoms with Crippen molar-refractivity contribution in [2.45, 2.75) is 6.92 Å². The Labute approximate surface area is 82.0 Å². The summed E-state index contributed by atoms with van der Waals surface area (Å²) in [7, 11) is 0. The summed E-state index contributed by atoms with van der Waals surface area (Å²) in [5.41, 5.74) is 0. The van der Waals surface area contributed by atoms with E-state index in [1.54, 1.807) is 16.7 Å². The van der Waals surface area contributed by atoms with Crippen molar-refractivity contribution < 1.29 is 9.59 Å². The van der Waals surface area contributed by atoms with Gasteiger partial charge in [0.2, 0.25) is 5.91 Å². The van der Waals surface area contributed by atoms with Crippen LogP contribution in [0.2, 0.25) is 0 Å². The summed E-state index contributed by atoms with van der Waals surface area (Å²) < 4.78 is 0. The maximum absolute atomic E-state index is 11.1. The largest absolute Gasteiger partial charge is 0.324 e. The Hall–Kier alpha value is -0.710. The van der Waals surface area contributed by atoms with Gasteiger partial charge in [-0.15, -0.1) is 0 Å². The molecule has 74 valence electrons. The Balaban J connectivity index is 2.36. The molecule has 0 aromatic carbocycles. The third-order valence-electron chi connectivity index (χ3n) is 1.85. The van der Waals surface area contributed by atoms with Crippen molar-refractivity contribution in [2.75, 3.05) is 25.1 Å². The number of hydrogen-bond donors (Lipinski definition) is 1. The minimum atomic E-state index is -0.252. The molecule has 4 nitrogen and oxygen atoms in total. The molecule has 1 saturated heterocycles. The van der Waals surface area contributed by atoms with E-state index in [0.29, 0.717) is 12.5 Å². The Bertz CT molecular complexity index is 220. The van der Waals surface area contributed by atoms with E-state index in [1.165, 1.54) is 0 Å². The molecule has 0 spiro atoms. The van der Waals surface area contributed by atoms with Crippen molar-refractivity contribution in [2.24, 2.45) is 5.92 Å². The van der Waals surface area contributed by atoms with Crippen LogP contribution in [0.4, 0.5) is 4.79 Å². The number of nitrogens with one attached hydrogen (secondary N) is 1. The first-order valence-electron chi connectivity index (χ1n) is 4.21. The number of thioether (sulfide) groups is 1. The molecule has 0 saturated carbocycles. The van der Waals surface area contributed by atoms with Crippen LogP contribution in [0, 0.1) is 5.92 Å². The fraction of sp³-hybridized carbons (Fsp3) is 0.750. The molecule has 0 aromatic heterocycles. The fourth-order valence-electron chi connectivity index (χ4n) is 1.34. The molecule has 13 heavy (non-hydrogen) atoms. The van der Waals surface area contributed by atoms with E-state index in [2.05, 4.69) is 12.2 Å². The third-order valence-corrected chi connectivity index (χ3v) is 2.75. The SMILES string of the molecule is CSCC(C)CN1CC(=O)NC1=O. The van der Waals surface area contributed by atoms with Gasteiger partial charge in [0.15, 0.2) is 0 Å². The van der Waals surface area contributed by atoms with Gasteiger partial charge in [-0.2, -0.15) is 11.8 Å². The standard InChI is InChI=1S/C8H14N2O2S/c1-6(5-13-2)3-10-4-7(11)9-8(10)12/h6H,3-5H2,1-2H3,(H,9,11,12). The van der Waals surface area contributed by atoms with Gasteiger partial charge < -0.3 is 4.90 Å². The van der Waals surface area contributed by atoms with Crippen LogP contribution in [0.3, 0.4) is 0 Å². The highest BCUT2D eigenvalue weighted by atomic mass is 32.2. The quantitative estimate of drug-likeness (QED) is 0.677. The topological polar surface area (TPSA) is 49.4 Å². The van der Waals surface area contributed by atoms with Gasteiger partial charge in [0, 0.05) is 6.54 Å². The molecule has 0 aromatic rings. The van der Waals surface area contributed by atoms with Crippen LogP contribution in [0.1, 0.15) is 6.92 Å². The first-order chi connectivity index (χ1) is 6.13. The number of hydrogen-bond acceptors (Lipinski definition) is 3. The van der Waals surface area contributed by atoms with E-state index >= 15 is 0 Å². The Morgan fingerprint density at radius 2 is 2.31 bits per heavy atom. The zero-order chi connectivity index (χ0) is 9.84. The number of nitrogens with zero attached hydrogens (tertiary/aromatic N) is 1. The van der Waals surface area contributed by atoms with E-state index in [9.17, 15) is 9.59 Å². The van der Waals surface area contributed by atoms with Crippen LogP contribution in [0.15, 0.2) is 0 Å². The summed E-state index contributed by atoms with van der Waals surface area (Å²) in [5.74, 6) is 1.26. The number of imide groups is 1. The molecule has 1 atom stereocenters. The molecular weight excluding hydrogens is 188 g/mol. The molecule has 1 fully saturated rings. The summed E-state index contributed by atoms with van der Waals surface area (Å²) >= 11 is 1.75. The fourth-order valence-corrected chi connectivity index (χ4v) is 2.02. The summed E-state index contributed by atoms with van der Waals surface area (Å²) in [6.07, 6.45) is 2.03. The molecular formula is C8H14N2O2S. The summed E-state index contributed by atoms with van der Waals surface area (Å²) in [6.45, 7) is 2.96. The first kappa shape index (κ1) is 10.4.